The molecular weight excluding hydrogens is 462 g/mol. The summed E-state index contributed by atoms with van der Waals surface area (Å²) in [5, 5.41) is 9.40. The fourth-order valence-electron chi connectivity index (χ4n) is 1.60. The molecule has 0 aromatic heterocycles. The zero-order chi connectivity index (χ0) is 18.5. The van der Waals surface area contributed by atoms with Crippen LogP contribution in [0.1, 0.15) is 10.4 Å². The minimum atomic E-state index is -1.15. The lowest BCUT2D eigenvalue weighted by atomic mass is 10.1. The van der Waals surface area contributed by atoms with E-state index in [-0.39, 0.29) is 23.7 Å². The molecular formula is C16H20IO5PS. The van der Waals surface area contributed by atoms with Gasteiger partial charge in [0, 0.05) is 33.3 Å². The number of hydrogen-bond acceptors (Lipinski definition) is 5. The number of rotatable bonds is 9. The largest absolute Gasteiger partial charge is 0.496 e. The Morgan fingerprint density at radius 1 is 1.38 bits per heavy atom. The van der Waals surface area contributed by atoms with Crippen molar-refractivity contribution in [3.05, 3.63) is 54.7 Å². The molecule has 1 aromatic carbocycles. The highest BCUT2D eigenvalue weighted by Gasteiger charge is 2.21. The Hall–Kier alpha value is -1.18. The molecule has 0 bridgehead atoms. The first kappa shape index (κ1) is 22.8. The maximum absolute atomic E-state index is 11.5. The van der Waals surface area contributed by atoms with Gasteiger partial charge in [-0.15, -0.1) is 9.24 Å². The summed E-state index contributed by atoms with van der Waals surface area (Å²) in [6.45, 7) is 9.33. The first-order valence-corrected chi connectivity index (χ1v) is 11.1. The molecule has 0 aliphatic rings. The van der Waals surface area contributed by atoms with E-state index >= 15 is 0 Å². The molecule has 0 aliphatic heterocycles. The number of carboxylic acids is 1. The summed E-state index contributed by atoms with van der Waals surface area (Å²) in [5.41, 5.74) is 0.701. The second kappa shape index (κ2) is 13.1. The first-order chi connectivity index (χ1) is 11.6. The van der Waals surface area contributed by atoms with Crippen molar-refractivity contribution in [2.75, 3.05) is 20.4 Å². The number of hydrogen-bond donors (Lipinski definition) is 1. The zero-order valence-electron chi connectivity index (χ0n) is 13.5. The molecule has 0 heterocycles. The van der Waals surface area contributed by atoms with E-state index in [4.69, 9.17) is 13.7 Å². The van der Waals surface area contributed by atoms with E-state index < -0.39 is 5.97 Å². The van der Waals surface area contributed by atoms with Crippen molar-refractivity contribution in [1.82, 2.24) is 0 Å². The fraction of sp³-hybridized carbons (Fsp3) is 0.188. The van der Waals surface area contributed by atoms with Crippen molar-refractivity contribution in [3.8, 4) is 17.2 Å². The van der Waals surface area contributed by atoms with Crippen LogP contribution >= 0.6 is 39.7 Å². The molecule has 0 aliphatic carbocycles. The van der Waals surface area contributed by atoms with Crippen molar-refractivity contribution >= 4 is 45.6 Å². The van der Waals surface area contributed by atoms with E-state index in [9.17, 15) is 9.90 Å². The van der Waals surface area contributed by atoms with Crippen LogP contribution in [0.15, 0.2) is 49.1 Å². The van der Waals surface area contributed by atoms with E-state index in [0.29, 0.717) is 5.75 Å². The average molecular weight is 482 g/mol. The molecule has 132 valence electrons. The molecule has 24 heavy (non-hydrogen) atoms. The average Bonchev–Trinajstić information content (AvgIpc) is 2.59. The summed E-state index contributed by atoms with van der Waals surface area (Å²) in [6.07, 6.45) is 4.94. The molecule has 0 amide bonds. The van der Waals surface area contributed by atoms with Crippen LogP contribution < -0.4 is 13.7 Å². The summed E-state index contributed by atoms with van der Waals surface area (Å²) < 4.78 is 16.0. The number of ether oxygens (including phenoxy) is 2. The maximum atomic E-state index is 11.5. The van der Waals surface area contributed by atoms with Crippen molar-refractivity contribution < 1.29 is 23.6 Å². The second-order valence-corrected chi connectivity index (χ2v) is 5.29. The number of halogens is 1. The summed E-state index contributed by atoms with van der Waals surface area (Å²) in [4.78, 5) is 11.5. The number of carboxylic acid groups (broad SMARTS) is 1. The van der Waals surface area contributed by atoms with Gasteiger partial charge in [-0.2, -0.15) is 0 Å². The highest BCUT2D eigenvalue weighted by Crippen LogP contribution is 2.37. The standard InChI is InChI=1S/C15H15IO5S.CH5P/c1-4-6-10(5-2)9-20-12-7-11(19-3)8-13(21-22-16)14(12)15(17)18;1-2/h4-8H,1-2,9H2,3H3,(H,17,18);2H2,1H3/b10-6+;. The molecule has 1 N–H and O–H groups in total. The quantitative estimate of drug-likeness (QED) is 0.233. The molecule has 1 aromatic rings. The first-order valence-electron chi connectivity index (χ1n) is 6.62. The summed E-state index contributed by atoms with van der Waals surface area (Å²) >= 11 is 1.90. The van der Waals surface area contributed by atoms with Crippen LogP contribution in [0, 0.1) is 0 Å². The lowest BCUT2D eigenvalue weighted by Crippen LogP contribution is -2.07. The van der Waals surface area contributed by atoms with Gasteiger partial charge in [-0.05, 0) is 5.57 Å². The van der Waals surface area contributed by atoms with Gasteiger partial charge in [-0.25, -0.2) is 4.79 Å². The third-order valence-corrected chi connectivity index (χ3v) is 3.38. The van der Waals surface area contributed by atoms with Gasteiger partial charge in [0.2, 0.25) is 0 Å². The third kappa shape index (κ3) is 7.15. The monoisotopic (exact) mass is 482 g/mol. The van der Waals surface area contributed by atoms with Crippen LogP contribution in [0.3, 0.4) is 0 Å². The minimum Gasteiger partial charge on any atom is -0.496 e. The minimum absolute atomic E-state index is 0.0630. The van der Waals surface area contributed by atoms with E-state index in [0.717, 1.165) is 14.8 Å². The third-order valence-electron chi connectivity index (χ3n) is 2.60. The summed E-state index contributed by atoms with van der Waals surface area (Å²) in [7, 11) is 4.90. The Bertz CT molecular complexity index is 604. The van der Waals surface area contributed by atoms with Gasteiger partial charge < -0.3 is 18.8 Å². The maximum Gasteiger partial charge on any atom is 0.343 e. The summed E-state index contributed by atoms with van der Waals surface area (Å²) in [6, 6.07) is 3.00. The Balaban J connectivity index is 0.00000254. The van der Waals surface area contributed by atoms with E-state index in [2.05, 4.69) is 22.4 Å². The van der Waals surface area contributed by atoms with Crippen molar-refractivity contribution in [2.45, 2.75) is 0 Å². The molecule has 1 rings (SSSR count). The predicted molar refractivity (Wildman–Crippen MR) is 112 cm³/mol. The molecule has 1 atom stereocenters. The fourth-order valence-corrected chi connectivity index (χ4v) is 2.38. The van der Waals surface area contributed by atoms with Gasteiger partial charge >= 0.3 is 5.97 Å². The zero-order valence-corrected chi connectivity index (χ0v) is 17.6. The van der Waals surface area contributed by atoms with Crippen LogP contribution in [-0.2, 0) is 0 Å². The van der Waals surface area contributed by atoms with Crippen LogP contribution in [0.5, 0.6) is 17.2 Å². The number of methoxy groups -OCH3 is 1. The Kier molecular flexibility index (Phi) is 12.5. The number of carbonyl (C=O) groups is 1. The van der Waals surface area contributed by atoms with Gasteiger partial charge in [0.1, 0.15) is 32.9 Å². The van der Waals surface area contributed by atoms with E-state index in [1.54, 1.807) is 18.2 Å². The smallest absolute Gasteiger partial charge is 0.343 e. The molecule has 0 spiro atoms. The van der Waals surface area contributed by atoms with Crippen molar-refractivity contribution in [3.63, 3.8) is 0 Å². The van der Waals surface area contributed by atoms with Crippen LogP contribution in [0.2, 0.25) is 0 Å². The van der Waals surface area contributed by atoms with Crippen LogP contribution in [0.25, 0.3) is 0 Å². The molecule has 0 saturated carbocycles. The predicted octanol–water partition coefficient (Wildman–Crippen LogP) is 4.94. The lowest BCUT2D eigenvalue weighted by molar-refractivity contribution is 0.0691. The molecule has 8 heteroatoms. The van der Waals surface area contributed by atoms with Gasteiger partial charge in [0.05, 0.1) is 7.11 Å². The van der Waals surface area contributed by atoms with Gasteiger partial charge in [-0.3, -0.25) is 0 Å². The molecule has 0 saturated heterocycles. The van der Waals surface area contributed by atoms with Crippen LogP contribution in [0.4, 0.5) is 0 Å². The van der Waals surface area contributed by atoms with Crippen molar-refractivity contribution in [1.29, 1.82) is 0 Å². The Morgan fingerprint density at radius 3 is 2.46 bits per heavy atom. The Morgan fingerprint density at radius 2 is 2.00 bits per heavy atom. The van der Waals surface area contributed by atoms with Gasteiger partial charge in [0.15, 0.2) is 5.75 Å². The SMILES string of the molecule is C=C/C=C(\C=C)COc1cc(OC)cc(OSI)c1C(=O)O.CP. The highest BCUT2D eigenvalue weighted by molar-refractivity contribution is 14.2. The van der Waals surface area contributed by atoms with E-state index in [1.807, 2.05) is 27.9 Å². The number of benzene rings is 1. The lowest BCUT2D eigenvalue weighted by Gasteiger charge is -2.14. The number of aromatic carboxylic acids is 1. The van der Waals surface area contributed by atoms with Gasteiger partial charge in [-0.1, -0.05) is 38.1 Å². The highest BCUT2D eigenvalue weighted by atomic mass is 127. The summed E-state index contributed by atoms with van der Waals surface area (Å²) in [5.74, 6) is -0.391. The molecule has 1 unspecified atom stereocenters. The van der Waals surface area contributed by atoms with Gasteiger partial charge in [0.25, 0.3) is 0 Å². The normalized spacial score (nSPS) is 10.1. The molecule has 0 radical (unpaired) electrons. The molecule has 5 nitrogen and oxygen atoms in total. The van der Waals surface area contributed by atoms with Crippen LogP contribution in [-0.4, -0.2) is 31.5 Å². The van der Waals surface area contributed by atoms with Crippen molar-refractivity contribution in [2.24, 2.45) is 0 Å². The molecule has 0 fully saturated rings. The van der Waals surface area contributed by atoms with E-state index in [1.165, 1.54) is 19.2 Å². The Labute approximate surface area is 161 Å². The second-order valence-electron chi connectivity index (χ2n) is 3.92. The topological polar surface area (TPSA) is 65.0 Å². The number of allylic oxidation sites excluding steroid dienone is 2.